The van der Waals surface area contributed by atoms with Crippen molar-refractivity contribution in [3.05, 3.63) is 59.3 Å². The van der Waals surface area contributed by atoms with E-state index in [1.807, 2.05) is 12.1 Å². The van der Waals surface area contributed by atoms with E-state index < -0.39 is 10.0 Å². The number of hydrogen-bond donors (Lipinski definition) is 1. The summed E-state index contributed by atoms with van der Waals surface area (Å²) >= 11 is 0. The third kappa shape index (κ3) is 3.13. The second-order valence-corrected chi connectivity index (χ2v) is 8.88. The molecule has 27 heavy (non-hydrogen) atoms. The number of methoxy groups -OCH3 is 1. The maximum absolute atomic E-state index is 12.9. The summed E-state index contributed by atoms with van der Waals surface area (Å²) in [6.45, 7) is 1.79. The number of fused-ring (bicyclic) bond motifs is 3. The van der Waals surface area contributed by atoms with Gasteiger partial charge in [-0.2, -0.15) is 0 Å². The lowest BCUT2D eigenvalue weighted by Gasteiger charge is -2.25. The van der Waals surface area contributed by atoms with E-state index in [0.717, 1.165) is 12.8 Å². The summed E-state index contributed by atoms with van der Waals surface area (Å²) in [6, 6.07) is 13.3. The minimum absolute atomic E-state index is 0.102. The largest absolute Gasteiger partial charge is 0.497 e. The molecule has 0 amide bonds. The normalized spacial score (nSPS) is 17.1. The summed E-state index contributed by atoms with van der Waals surface area (Å²) in [4.78, 5) is 0.312. The first-order valence-electron chi connectivity index (χ1n) is 9.13. The highest BCUT2D eigenvalue weighted by atomic mass is 32.2. The summed E-state index contributed by atoms with van der Waals surface area (Å²) in [7, 11) is 0.0871. The Balaban J connectivity index is 1.62. The highest BCUT2D eigenvalue weighted by molar-refractivity contribution is 7.89. The molecule has 1 unspecified atom stereocenters. The first kappa shape index (κ1) is 18.1. The Hall–Kier alpha value is -2.31. The van der Waals surface area contributed by atoms with Gasteiger partial charge in [0.2, 0.25) is 10.0 Å². The van der Waals surface area contributed by atoms with Crippen LogP contribution in [0.25, 0.3) is 10.9 Å². The summed E-state index contributed by atoms with van der Waals surface area (Å²) < 4.78 is 36.2. The number of sulfonamides is 1. The number of aromatic nitrogens is 1. The van der Waals surface area contributed by atoms with Gasteiger partial charge in [0.05, 0.1) is 12.0 Å². The van der Waals surface area contributed by atoms with E-state index in [4.69, 9.17) is 4.74 Å². The van der Waals surface area contributed by atoms with E-state index in [-0.39, 0.29) is 6.04 Å². The Labute approximate surface area is 160 Å². The number of benzene rings is 2. The van der Waals surface area contributed by atoms with Crippen LogP contribution in [0.1, 0.15) is 23.2 Å². The fourth-order valence-electron chi connectivity index (χ4n) is 4.16. The minimum Gasteiger partial charge on any atom is -0.497 e. The maximum atomic E-state index is 12.9. The van der Waals surface area contributed by atoms with E-state index in [0.29, 0.717) is 22.6 Å². The van der Waals surface area contributed by atoms with E-state index in [9.17, 15) is 8.42 Å². The predicted octanol–water partition coefficient (Wildman–Crippen LogP) is 3.33. The van der Waals surface area contributed by atoms with Crippen LogP contribution in [0, 0.1) is 6.92 Å². The summed E-state index contributed by atoms with van der Waals surface area (Å²) in [5, 5.41) is 1.22. The molecule has 0 fully saturated rings. The molecule has 5 nitrogen and oxygen atoms in total. The molecule has 6 heteroatoms. The lowest BCUT2D eigenvalue weighted by Crippen LogP contribution is -2.39. The van der Waals surface area contributed by atoms with Gasteiger partial charge in [-0.25, -0.2) is 13.1 Å². The van der Waals surface area contributed by atoms with Crippen molar-refractivity contribution in [2.45, 2.75) is 37.1 Å². The third-order valence-corrected chi connectivity index (χ3v) is 7.20. The van der Waals surface area contributed by atoms with Gasteiger partial charge in [-0.3, -0.25) is 0 Å². The Morgan fingerprint density at radius 1 is 1.19 bits per heavy atom. The molecule has 0 saturated heterocycles. The van der Waals surface area contributed by atoms with Crippen LogP contribution in [0.15, 0.2) is 47.4 Å². The first-order valence-corrected chi connectivity index (χ1v) is 10.6. The summed E-state index contributed by atoms with van der Waals surface area (Å²) in [6.07, 6.45) is 2.38. The van der Waals surface area contributed by atoms with Crippen molar-refractivity contribution in [3.8, 4) is 5.75 Å². The van der Waals surface area contributed by atoms with Gasteiger partial charge >= 0.3 is 0 Å². The van der Waals surface area contributed by atoms with Crippen LogP contribution in [0.2, 0.25) is 0 Å². The van der Waals surface area contributed by atoms with Crippen molar-refractivity contribution in [1.82, 2.24) is 9.29 Å². The molecular weight excluding hydrogens is 360 g/mol. The molecule has 0 radical (unpaired) electrons. The van der Waals surface area contributed by atoms with Crippen molar-refractivity contribution >= 4 is 20.9 Å². The Bertz CT molecular complexity index is 1120. The van der Waals surface area contributed by atoms with Gasteiger partial charge < -0.3 is 9.30 Å². The summed E-state index contributed by atoms with van der Waals surface area (Å²) in [5.74, 6) is 0.657. The number of nitrogens with one attached hydrogen (secondary N) is 1. The zero-order valence-electron chi connectivity index (χ0n) is 15.8. The van der Waals surface area contributed by atoms with Crippen LogP contribution in [-0.4, -0.2) is 26.1 Å². The fraction of sp³-hybridized carbons (Fsp3) is 0.333. The highest BCUT2D eigenvalue weighted by Crippen LogP contribution is 2.32. The molecule has 0 spiro atoms. The van der Waals surface area contributed by atoms with Gasteiger partial charge in [0.25, 0.3) is 0 Å². The number of hydrogen-bond acceptors (Lipinski definition) is 3. The van der Waals surface area contributed by atoms with Crippen molar-refractivity contribution < 1.29 is 13.2 Å². The molecule has 4 rings (SSSR count). The molecule has 1 N–H and O–H groups in total. The number of aryl methyl sites for hydroxylation is 2. The SMILES string of the molecule is COc1ccc(S(=O)(=O)NC2CCc3c(c4ccccc4n3C)C2)c(C)c1. The van der Waals surface area contributed by atoms with Crippen molar-refractivity contribution in [1.29, 1.82) is 0 Å². The molecule has 0 bridgehead atoms. The van der Waals surface area contributed by atoms with E-state index in [2.05, 4.69) is 28.5 Å². The van der Waals surface area contributed by atoms with E-state index in [1.54, 1.807) is 32.2 Å². The smallest absolute Gasteiger partial charge is 0.241 e. The number of para-hydroxylation sites is 1. The average molecular weight is 385 g/mol. The zero-order valence-corrected chi connectivity index (χ0v) is 16.6. The molecular formula is C21H24N2O3S. The minimum atomic E-state index is -3.58. The van der Waals surface area contributed by atoms with E-state index >= 15 is 0 Å². The monoisotopic (exact) mass is 384 g/mol. The van der Waals surface area contributed by atoms with Crippen molar-refractivity contribution in [2.24, 2.45) is 7.05 Å². The predicted molar refractivity (Wildman–Crippen MR) is 107 cm³/mol. The van der Waals surface area contributed by atoms with Crippen LogP contribution >= 0.6 is 0 Å². The van der Waals surface area contributed by atoms with Crippen LogP contribution in [0.3, 0.4) is 0 Å². The maximum Gasteiger partial charge on any atom is 0.241 e. The number of rotatable bonds is 4. The molecule has 0 aliphatic heterocycles. The first-order chi connectivity index (χ1) is 12.9. The van der Waals surface area contributed by atoms with Gasteiger partial charge in [-0.1, -0.05) is 18.2 Å². The van der Waals surface area contributed by atoms with E-state index in [1.165, 1.54) is 22.2 Å². The highest BCUT2D eigenvalue weighted by Gasteiger charge is 2.28. The lowest BCUT2D eigenvalue weighted by atomic mass is 9.92. The topological polar surface area (TPSA) is 60.3 Å². The molecule has 1 aliphatic carbocycles. The molecule has 1 aromatic heterocycles. The number of ether oxygens (including phenoxy) is 1. The van der Waals surface area contributed by atoms with Gasteiger partial charge in [-0.15, -0.1) is 0 Å². The van der Waals surface area contributed by atoms with Gasteiger partial charge in [-0.05, 0) is 61.6 Å². The Morgan fingerprint density at radius 3 is 2.70 bits per heavy atom. The molecule has 1 heterocycles. The molecule has 3 aromatic rings. The average Bonchev–Trinajstić information content (AvgIpc) is 2.93. The second kappa shape index (κ2) is 6.69. The molecule has 142 valence electrons. The van der Waals surface area contributed by atoms with Crippen LogP contribution in [0.5, 0.6) is 5.75 Å². The molecule has 1 aliphatic rings. The van der Waals surface area contributed by atoms with Gasteiger partial charge in [0.1, 0.15) is 5.75 Å². The second-order valence-electron chi connectivity index (χ2n) is 7.19. The van der Waals surface area contributed by atoms with Crippen molar-refractivity contribution in [2.75, 3.05) is 7.11 Å². The van der Waals surface area contributed by atoms with Crippen LogP contribution < -0.4 is 9.46 Å². The van der Waals surface area contributed by atoms with Crippen molar-refractivity contribution in [3.63, 3.8) is 0 Å². The molecule has 0 saturated carbocycles. The van der Waals surface area contributed by atoms with Gasteiger partial charge in [0, 0.05) is 29.7 Å². The molecule has 2 aromatic carbocycles. The zero-order chi connectivity index (χ0) is 19.2. The Morgan fingerprint density at radius 2 is 1.96 bits per heavy atom. The lowest BCUT2D eigenvalue weighted by molar-refractivity contribution is 0.414. The van der Waals surface area contributed by atoms with Crippen LogP contribution in [-0.2, 0) is 29.9 Å². The Kier molecular flexibility index (Phi) is 4.48. The fourth-order valence-corrected chi connectivity index (χ4v) is 5.66. The molecule has 1 atom stereocenters. The standard InChI is InChI=1S/C21H24N2O3S/c1-14-12-16(26-3)9-11-21(14)27(24,25)22-15-8-10-20-18(13-15)17-6-4-5-7-19(17)23(20)2/h4-7,9,11-12,15,22H,8,10,13H2,1-3H3. The van der Waals surface area contributed by atoms with Crippen LogP contribution in [0.4, 0.5) is 0 Å². The quantitative estimate of drug-likeness (QED) is 0.751. The summed E-state index contributed by atoms with van der Waals surface area (Å²) in [5.41, 5.74) is 4.46. The third-order valence-electron chi connectivity index (χ3n) is 5.52. The van der Waals surface area contributed by atoms with Gasteiger partial charge in [0.15, 0.2) is 0 Å². The number of nitrogens with zero attached hydrogens (tertiary/aromatic N) is 1.